The second-order valence-corrected chi connectivity index (χ2v) is 6.57. The van der Waals surface area contributed by atoms with Gasteiger partial charge in [-0.2, -0.15) is 4.98 Å². The Morgan fingerprint density at radius 1 is 1.32 bits per heavy atom. The lowest BCUT2D eigenvalue weighted by molar-refractivity contribution is 0.360. The number of aryl methyl sites for hydroxylation is 1. The fraction of sp³-hybridized carbons (Fsp3) is 0.500. The Morgan fingerprint density at radius 2 is 2.12 bits per heavy atom. The first kappa shape index (κ1) is 16.3. The molecule has 0 unspecified atom stereocenters. The lowest BCUT2D eigenvalue weighted by atomic mass is 10.1. The molecule has 9 heteroatoms. The predicted octanol–water partition coefficient (Wildman–Crippen LogP) is 3.40. The van der Waals surface area contributed by atoms with Crippen LogP contribution in [0.4, 0.5) is 10.4 Å². The van der Waals surface area contributed by atoms with Crippen LogP contribution in [0.25, 0.3) is 11.0 Å². The summed E-state index contributed by atoms with van der Waals surface area (Å²) in [6.07, 6.45) is 6.29. The van der Waals surface area contributed by atoms with Crippen LogP contribution in [0.3, 0.4) is 0 Å². The molecule has 1 aliphatic rings. The van der Waals surface area contributed by atoms with Crippen LogP contribution in [0.5, 0.6) is 0 Å². The number of rotatable bonds is 4. The summed E-state index contributed by atoms with van der Waals surface area (Å²) in [6.45, 7) is 3.61. The number of aromatic nitrogens is 5. The molecule has 4 heterocycles. The maximum Gasteiger partial charge on any atom is 0.324 e. The molecule has 0 radical (unpaired) electrons. The van der Waals surface area contributed by atoms with Gasteiger partial charge < -0.3 is 14.0 Å². The van der Waals surface area contributed by atoms with E-state index in [1.807, 2.05) is 4.57 Å². The van der Waals surface area contributed by atoms with Crippen molar-refractivity contribution in [1.82, 2.24) is 24.7 Å². The molecule has 0 spiro atoms. The van der Waals surface area contributed by atoms with Gasteiger partial charge in [0.25, 0.3) is 0 Å². The van der Waals surface area contributed by atoms with E-state index in [0.717, 1.165) is 44.6 Å². The third-order valence-electron chi connectivity index (χ3n) is 4.58. The summed E-state index contributed by atoms with van der Waals surface area (Å²) < 4.78 is 21.4. The summed E-state index contributed by atoms with van der Waals surface area (Å²) in [4.78, 5) is 14.6. The number of nitrogens with zero attached hydrogens (tertiary/aromatic N) is 6. The van der Waals surface area contributed by atoms with Gasteiger partial charge in [0.1, 0.15) is 17.1 Å². The lowest BCUT2D eigenvalue weighted by Gasteiger charge is -2.31. The van der Waals surface area contributed by atoms with Crippen LogP contribution in [0.2, 0.25) is 5.15 Å². The number of anilines is 1. The number of fused-ring (bicyclic) bond motifs is 1. The second kappa shape index (κ2) is 6.59. The van der Waals surface area contributed by atoms with E-state index >= 15 is 0 Å². The van der Waals surface area contributed by atoms with E-state index in [1.165, 1.54) is 12.5 Å². The summed E-state index contributed by atoms with van der Waals surface area (Å²) in [7, 11) is 0. The van der Waals surface area contributed by atoms with Crippen molar-refractivity contribution in [3.63, 3.8) is 0 Å². The predicted molar refractivity (Wildman–Crippen MR) is 91.3 cm³/mol. The molecule has 0 N–H and O–H groups in total. The van der Waals surface area contributed by atoms with Gasteiger partial charge in [-0.1, -0.05) is 23.7 Å². The van der Waals surface area contributed by atoms with Crippen molar-refractivity contribution in [2.45, 2.75) is 38.6 Å². The molecule has 1 aliphatic heterocycles. The van der Waals surface area contributed by atoms with E-state index in [9.17, 15) is 4.39 Å². The highest BCUT2D eigenvalue weighted by Gasteiger charge is 2.26. The highest BCUT2D eigenvalue weighted by atomic mass is 35.5. The highest BCUT2D eigenvalue weighted by Crippen LogP contribution is 2.32. The molecule has 1 saturated heterocycles. The molecular weight excluding hydrogens is 347 g/mol. The van der Waals surface area contributed by atoms with Crippen LogP contribution in [-0.4, -0.2) is 37.8 Å². The molecule has 0 amide bonds. The maximum atomic E-state index is 14.2. The molecule has 1 fully saturated rings. The van der Waals surface area contributed by atoms with E-state index < -0.39 is 0 Å². The monoisotopic (exact) mass is 364 g/mol. The van der Waals surface area contributed by atoms with Gasteiger partial charge in [-0.25, -0.2) is 14.4 Å². The Bertz CT molecular complexity index is 886. The van der Waals surface area contributed by atoms with E-state index in [1.54, 1.807) is 0 Å². The van der Waals surface area contributed by atoms with Crippen LogP contribution in [-0.2, 0) is 6.42 Å². The topological polar surface area (TPSA) is 72.9 Å². The average Bonchev–Trinajstić information content (AvgIpc) is 3.21. The smallest absolute Gasteiger partial charge is 0.324 e. The lowest BCUT2D eigenvalue weighted by Crippen LogP contribution is -2.34. The first-order chi connectivity index (χ1) is 12.2. The molecule has 0 aliphatic carbocycles. The van der Waals surface area contributed by atoms with Gasteiger partial charge in [0, 0.05) is 31.7 Å². The minimum atomic E-state index is -0.385. The minimum absolute atomic E-state index is 0.146. The molecule has 0 saturated carbocycles. The number of hydrogen-bond donors (Lipinski definition) is 0. The van der Waals surface area contributed by atoms with Crippen molar-refractivity contribution in [3.05, 3.63) is 29.3 Å². The number of hydrogen-bond acceptors (Lipinski definition) is 6. The maximum absolute atomic E-state index is 14.2. The molecular formula is C16H18ClFN6O. The van der Waals surface area contributed by atoms with Gasteiger partial charge >= 0.3 is 6.01 Å². The molecule has 0 atom stereocenters. The molecule has 7 nitrogen and oxygen atoms in total. The third-order valence-corrected chi connectivity index (χ3v) is 4.86. The fourth-order valence-electron chi connectivity index (χ4n) is 3.32. The molecule has 0 bridgehead atoms. The van der Waals surface area contributed by atoms with Crippen LogP contribution in [0.15, 0.2) is 17.0 Å². The molecule has 25 heavy (non-hydrogen) atoms. The van der Waals surface area contributed by atoms with Crippen LogP contribution >= 0.6 is 11.6 Å². The summed E-state index contributed by atoms with van der Waals surface area (Å²) in [5, 5.41) is 4.43. The van der Waals surface area contributed by atoms with Gasteiger partial charge in [0.05, 0.1) is 5.39 Å². The fourth-order valence-corrected chi connectivity index (χ4v) is 3.53. The SMILES string of the molecule is CCCc1noc(N2CCC(n3cc(F)c4c(Cl)ncnc43)CC2)n1. The number of halogens is 2. The van der Waals surface area contributed by atoms with Gasteiger partial charge in [-0.15, -0.1) is 0 Å². The Hall–Kier alpha value is -2.22. The Balaban J connectivity index is 1.51. The van der Waals surface area contributed by atoms with Crippen LogP contribution < -0.4 is 4.90 Å². The van der Waals surface area contributed by atoms with Gasteiger partial charge in [0.2, 0.25) is 0 Å². The first-order valence-corrected chi connectivity index (χ1v) is 8.79. The van der Waals surface area contributed by atoms with Crippen molar-refractivity contribution < 1.29 is 8.91 Å². The van der Waals surface area contributed by atoms with Crippen molar-refractivity contribution >= 4 is 28.6 Å². The van der Waals surface area contributed by atoms with E-state index in [2.05, 4.69) is 31.9 Å². The van der Waals surface area contributed by atoms with E-state index in [0.29, 0.717) is 11.7 Å². The molecule has 4 rings (SSSR count). The molecule has 3 aromatic heterocycles. The quantitative estimate of drug-likeness (QED) is 0.660. The Labute approximate surface area is 148 Å². The van der Waals surface area contributed by atoms with E-state index in [4.69, 9.17) is 16.1 Å². The first-order valence-electron chi connectivity index (χ1n) is 8.41. The minimum Gasteiger partial charge on any atom is -0.326 e. The summed E-state index contributed by atoms with van der Waals surface area (Å²) in [5.41, 5.74) is 0.541. The van der Waals surface area contributed by atoms with Gasteiger partial charge in [-0.05, 0) is 19.3 Å². The average molecular weight is 365 g/mol. The Kier molecular flexibility index (Phi) is 4.29. The van der Waals surface area contributed by atoms with Crippen molar-refractivity contribution in [3.8, 4) is 0 Å². The standard InChI is InChI=1S/C16H18ClFN6O/c1-2-3-12-21-16(25-22-12)23-6-4-10(5-7-23)24-8-11(18)13-14(17)19-9-20-15(13)24/h8-10H,2-7H2,1H3. The molecule has 132 valence electrons. The highest BCUT2D eigenvalue weighted by molar-refractivity contribution is 6.34. The van der Waals surface area contributed by atoms with Crippen LogP contribution in [0.1, 0.15) is 38.1 Å². The number of piperidine rings is 1. The zero-order valence-electron chi connectivity index (χ0n) is 13.8. The summed E-state index contributed by atoms with van der Waals surface area (Å²) >= 11 is 6.01. The molecule has 3 aromatic rings. The second-order valence-electron chi connectivity index (χ2n) is 6.21. The normalized spacial score (nSPS) is 16.0. The van der Waals surface area contributed by atoms with Crippen molar-refractivity contribution in [2.24, 2.45) is 0 Å². The van der Waals surface area contributed by atoms with Crippen molar-refractivity contribution in [2.75, 3.05) is 18.0 Å². The van der Waals surface area contributed by atoms with E-state index in [-0.39, 0.29) is 22.4 Å². The van der Waals surface area contributed by atoms with Gasteiger partial charge in [0.15, 0.2) is 11.6 Å². The van der Waals surface area contributed by atoms with Crippen LogP contribution in [0, 0.1) is 5.82 Å². The van der Waals surface area contributed by atoms with Crippen molar-refractivity contribution in [1.29, 1.82) is 0 Å². The zero-order valence-corrected chi connectivity index (χ0v) is 14.6. The summed E-state index contributed by atoms with van der Waals surface area (Å²) in [5.74, 6) is 0.355. The Morgan fingerprint density at radius 3 is 2.88 bits per heavy atom. The zero-order chi connectivity index (χ0) is 17.4. The third kappa shape index (κ3) is 2.95. The summed E-state index contributed by atoms with van der Waals surface area (Å²) in [6, 6.07) is 0.711. The largest absolute Gasteiger partial charge is 0.326 e. The molecule has 0 aromatic carbocycles. The van der Waals surface area contributed by atoms with Gasteiger partial charge in [-0.3, -0.25) is 0 Å².